The van der Waals surface area contributed by atoms with Gasteiger partial charge in [-0.2, -0.15) is 0 Å². The zero-order valence-electron chi connectivity index (χ0n) is 20.1. The lowest BCUT2D eigenvalue weighted by atomic mass is 9.96. The highest BCUT2D eigenvalue weighted by Crippen LogP contribution is 2.11. The molecule has 0 aromatic carbocycles. The predicted molar refractivity (Wildman–Crippen MR) is 124 cm³/mol. The van der Waals surface area contributed by atoms with E-state index in [1.54, 1.807) is 13.8 Å². The summed E-state index contributed by atoms with van der Waals surface area (Å²) in [6.45, 7) is 3.94. The highest BCUT2D eigenvalue weighted by Gasteiger charge is 2.33. The Bertz CT molecular complexity index is 762. The Labute approximate surface area is 203 Å². The number of carboxylic acid groups (broad SMARTS) is 2. The molecule has 0 saturated heterocycles. The van der Waals surface area contributed by atoms with Crippen LogP contribution in [-0.2, 0) is 28.8 Å². The van der Waals surface area contributed by atoms with Crippen LogP contribution in [-0.4, -0.2) is 76.5 Å². The molecule has 0 saturated carbocycles. The number of hydrogen-bond donors (Lipinski definition) is 8. The van der Waals surface area contributed by atoms with Crippen molar-refractivity contribution in [3.8, 4) is 0 Å². The van der Waals surface area contributed by atoms with Crippen LogP contribution in [0.1, 0.15) is 58.8 Å². The van der Waals surface area contributed by atoms with Gasteiger partial charge in [0.25, 0.3) is 0 Å². The van der Waals surface area contributed by atoms with Crippen LogP contribution in [0, 0.1) is 5.92 Å². The summed E-state index contributed by atoms with van der Waals surface area (Å²) in [7, 11) is 0. The van der Waals surface area contributed by atoms with Crippen LogP contribution in [0.15, 0.2) is 0 Å². The van der Waals surface area contributed by atoms with Gasteiger partial charge in [0.05, 0.1) is 12.5 Å². The number of carbonyl (C=O) groups excluding carboxylic acids is 4. The Kier molecular flexibility index (Phi) is 14.9. The summed E-state index contributed by atoms with van der Waals surface area (Å²) in [4.78, 5) is 71.7. The van der Waals surface area contributed by atoms with Gasteiger partial charge in [0.2, 0.25) is 23.6 Å². The van der Waals surface area contributed by atoms with Gasteiger partial charge in [-0.1, -0.05) is 26.7 Å². The van der Waals surface area contributed by atoms with Gasteiger partial charge in [0, 0.05) is 6.42 Å². The number of hydrogen-bond acceptors (Lipinski definition) is 8. The number of carbonyl (C=O) groups is 6. The van der Waals surface area contributed by atoms with E-state index in [4.69, 9.17) is 22.3 Å². The zero-order chi connectivity index (χ0) is 27.1. The second-order valence-corrected chi connectivity index (χ2v) is 8.33. The average molecular weight is 503 g/mol. The Balaban J connectivity index is 5.57. The largest absolute Gasteiger partial charge is 0.481 e. The summed E-state index contributed by atoms with van der Waals surface area (Å²) in [5, 5.41) is 25.2. The fourth-order valence-corrected chi connectivity index (χ4v) is 3.07. The van der Waals surface area contributed by atoms with E-state index in [0.717, 1.165) is 0 Å². The fraction of sp³-hybridized carbons (Fsp3) is 0.714. The van der Waals surface area contributed by atoms with Gasteiger partial charge < -0.3 is 43.4 Å². The third-order valence-electron chi connectivity index (χ3n) is 5.40. The molecule has 4 amide bonds. The van der Waals surface area contributed by atoms with Crippen molar-refractivity contribution < 1.29 is 39.0 Å². The van der Waals surface area contributed by atoms with Crippen molar-refractivity contribution in [2.75, 3.05) is 6.54 Å². The number of carboxylic acids is 2. The molecule has 0 aromatic heterocycles. The molecule has 0 aliphatic heterocycles. The summed E-state index contributed by atoms with van der Waals surface area (Å²) < 4.78 is 0. The van der Waals surface area contributed by atoms with Gasteiger partial charge in [-0.25, -0.2) is 4.79 Å². The SMILES string of the molecule is CCC(C)C(NC(=O)C(N)CCCCN)C(=O)NC(CCC(=O)O)C(=O)NC(CC(N)=O)C(=O)O. The topological polar surface area (TPSA) is 257 Å². The van der Waals surface area contributed by atoms with Crippen molar-refractivity contribution in [2.24, 2.45) is 23.1 Å². The number of aliphatic carboxylic acids is 2. The number of nitrogens with one attached hydrogen (secondary N) is 3. The molecule has 35 heavy (non-hydrogen) atoms. The lowest BCUT2D eigenvalue weighted by Gasteiger charge is -2.27. The number of unbranched alkanes of at least 4 members (excludes halogenated alkanes) is 1. The van der Waals surface area contributed by atoms with Crippen LogP contribution >= 0.6 is 0 Å². The van der Waals surface area contributed by atoms with Crippen molar-refractivity contribution in [3.05, 3.63) is 0 Å². The molecule has 0 radical (unpaired) electrons. The van der Waals surface area contributed by atoms with Gasteiger partial charge >= 0.3 is 11.9 Å². The van der Waals surface area contributed by atoms with Crippen molar-refractivity contribution in [2.45, 2.75) is 83.0 Å². The van der Waals surface area contributed by atoms with Crippen molar-refractivity contribution in [1.82, 2.24) is 16.0 Å². The maximum Gasteiger partial charge on any atom is 0.326 e. The van der Waals surface area contributed by atoms with E-state index in [1.807, 2.05) is 0 Å². The first kappa shape index (κ1) is 31.7. The minimum atomic E-state index is -1.67. The molecule has 14 nitrogen and oxygen atoms in total. The Morgan fingerprint density at radius 3 is 1.94 bits per heavy atom. The van der Waals surface area contributed by atoms with Gasteiger partial charge in [0.1, 0.15) is 18.1 Å². The number of rotatable bonds is 18. The normalized spacial score (nSPS) is 15.1. The Hall–Kier alpha value is -3.26. The van der Waals surface area contributed by atoms with E-state index in [1.165, 1.54) is 0 Å². The summed E-state index contributed by atoms with van der Waals surface area (Å²) in [5.74, 6) is -6.49. The maximum atomic E-state index is 13.0. The third-order valence-corrected chi connectivity index (χ3v) is 5.40. The standard InChI is InChI=1S/C21H38N6O8/c1-3-11(2)17(27-18(31)12(23)6-4-5-9-22)20(33)25-13(7-8-16(29)30)19(32)26-14(21(34)35)10-15(24)28/h11-14,17H,3-10,22-23H2,1-2H3,(H2,24,28)(H,25,33)(H,26,32)(H,27,31)(H,29,30)(H,34,35). The average Bonchev–Trinajstić information content (AvgIpc) is 2.78. The fourth-order valence-electron chi connectivity index (χ4n) is 3.07. The highest BCUT2D eigenvalue weighted by molar-refractivity contribution is 5.95. The van der Waals surface area contributed by atoms with Crippen LogP contribution in [0.25, 0.3) is 0 Å². The number of nitrogens with two attached hydrogens (primary N) is 3. The Morgan fingerprint density at radius 2 is 1.46 bits per heavy atom. The first-order chi connectivity index (χ1) is 16.3. The monoisotopic (exact) mass is 502 g/mol. The summed E-state index contributed by atoms with van der Waals surface area (Å²) in [5.41, 5.74) is 16.3. The Morgan fingerprint density at radius 1 is 0.857 bits per heavy atom. The lowest BCUT2D eigenvalue weighted by Crippen LogP contribution is -2.58. The molecule has 5 unspecified atom stereocenters. The van der Waals surface area contributed by atoms with Crippen molar-refractivity contribution >= 4 is 35.6 Å². The molecule has 0 heterocycles. The molecular weight excluding hydrogens is 464 g/mol. The minimum absolute atomic E-state index is 0.359. The van der Waals surface area contributed by atoms with E-state index in [9.17, 15) is 33.9 Å². The summed E-state index contributed by atoms with van der Waals surface area (Å²) in [6, 6.07) is -5.08. The third kappa shape index (κ3) is 12.7. The maximum absolute atomic E-state index is 13.0. The van der Waals surface area contributed by atoms with Crippen LogP contribution in [0.5, 0.6) is 0 Å². The molecule has 0 bridgehead atoms. The van der Waals surface area contributed by atoms with E-state index in [0.29, 0.717) is 32.2 Å². The molecule has 0 spiro atoms. The number of amides is 4. The first-order valence-electron chi connectivity index (χ1n) is 11.4. The van der Waals surface area contributed by atoms with Crippen LogP contribution in [0.2, 0.25) is 0 Å². The van der Waals surface area contributed by atoms with Crippen LogP contribution < -0.4 is 33.2 Å². The quantitative estimate of drug-likeness (QED) is 0.0935. The molecule has 0 fully saturated rings. The smallest absolute Gasteiger partial charge is 0.326 e. The van der Waals surface area contributed by atoms with Crippen LogP contribution in [0.4, 0.5) is 0 Å². The molecule has 0 aromatic rings. The molecule has 11 N–H and O–H groups in total. The van der Waals surface area contributed by atoms with E-state index >= 15 is 0 Å². The molecule has 0 aliphatic carbocycles. The number of primary amides is 1. The second-order valence-electron chi connectivity index (χ2n) is 8.33. The molecule has 200 valence electrons. The molecule has 14 heteroatoms. The minimum Gasteiger partial charge on any atom is -0.481 e. The predicted octanol–water partition coefficient (Wildman–Crippen LogP) is -2.23. The molecule has 5 atom stereocenters. The van der Waals surface area contributed by atoms with Crippen LogP contribution in [0.3, 0.4) is 0 Å². The summed E-state index contributed by atoms with van der Waals surface area (Å²) in [6.07, 6.45) is 0.565. The lowest BCUT2D eigenvalue weighted by molar-refractivity contribution is -0.144. The van der Waals surface area contributed by atoms with Gasteiger partial charge in [-0.15, -0.1) is 0 Å². The van der Waals surface area contributed by atoms with Gasteiger partial charge in [0.15, 0.2) is 0 Å². The van der Waals surface area contributed by atoms with Crippen molar-refractivity contribution in [3.63, 3.8) is 0 Å². The zero-order valence-corrected chi connectivity index (χ0v) is 20.1. The second kappa shape index (κ2) is 16.4. The summed E-state index contributed by atoms with van der Waals surface area (Å²) >= 11 is 0. The first-order valence-corrected chi connectivity index (χ1v) is 11.4. The highest BCUT2D eigenvalue weighted by atomic mass is 16.4. The van der Waals surface area contributed by atoms with Crippen molar-refractivity contribution in [1.29, 1.82) is 0 Å². The molecular formula is C21H38N6O8. The van der Waals surface area contributed by atoms with E-state index < -0.39 is 72.6 Å². The molecule has 0 rings (SSSR count). The van der Waals surface area contributed by atoms with E-state index in [2.05, 4.69) is 16.0 Å². The van der Waals surface area contributed by atoms with Gasteiger partial charge in [-0.05, 0) is 31.7 Å². The van der Waals surface area contributed by atoms with Gasteiger partial charge in [-0.3, -0.25) is 24.0 Å². The molecule has 0 aliphatic rings. The van der Waals surface area contributed by atoms with E-state index in [-0.39, 0.29) is 12.3 Å².